The Kier molecular flexibility index (Phi) is 20.1. The molecule has 9 rings (SSSR count). The molecule has 6 aromatic heterocycles. The number of aromatic amines is 3. The maximum absolute atomic E-state index is 12.0. The summed E-state index contributed by atoms with van der Waals surface area (Å²) in [4.78, 5) is 123. The molecule has 0 bridgehead atoms. The third-order valence-electron chi connectivity index (χ3n) is 11.4. The molecule has 444 valence electrons. The van der Waals surface area contributed by atoms with Gasteiger partial charge < -0.3 is 33.0 Å². The Labute approximate surface area is 510 Å². The van der Waals surface area contributed by atoms with Crippen LogP contribution < -0.4 is 64.6 Å². The van der Waals surface area contributed by atoms with Gasteiger partial charge in [-0.05, 0) is 96.1 Å². The number of aromatic nitrogens is 12. The van der Waals surface area contributed by atoms with E-state index in [-0.39, 0.29) is 99.2 Å². The minimum Gasteiger partial charge on any atom is -0.476 e. The second-order valence-electron chi connectivity index (χ2n) is 18.4. The number of H-pyrrole nitrogens is 3. The molecule has 6 heterocycles. The van der Waals surface area contributed by atoms with Gasteiger partial charge in [0.05, 0.1) is 65.8 Å². The number of hydrogen-bond acceptors (Lipinski definition) is 17. The number of nitriles is 1. The molecule has 0 saturated heterocycles. The lowest BCUT2D eigenvalue weighted by Gasteiger charge is -2.14. The van der Waals surface area contributed by atoms with E-state index >= 15 is 0 Å². The predicted octanol–water partition coefficient (Wildman–Crippen LogP) is 7.86. The Morgan fingerprint density at radius 2 is 0.826 bits per heavy atom. The van der Waals surface area contributed by atoms with Crippen molar-refractivity contribution in [2.75, 3.05) is 0 Å². The van der Waals surface area contributed by atoms with Gasteiger partial charge in [0.25, 0.3) is 33.4 Å². The van der Waals surface area contributed by atoms with E-state index < -0.39 is 51.1 Å². The lowest BCUT2D eigenvalue weighted by molar-refractivity contribution is 0.0685. The van der Waals surface area contributed by atoms with Gasteiger partial charge >= 0.3 is 23.0 Å². The van der Waals surface area contributed by atoms with Crippen LogP contribution in [0, 0.1) is 11.3 Å². The average molecular weight is 1300 g/mol. The molecule has 0 atom stereocenters. The molecule has 0 spiro atoms. The topological polar surface area (TPSA) is 358 Å². The molecular weight excluding hydrogens is 1260 g/mol. The highest BCUT2D eigenvalue weighted by Crippen LogP contribution is 2.40. The molecule has 3 aromatic carbocycles. The maximum atomic E-state index is 12.0. The van der Waals surface area contributed by atoms with E-state index in [2.05, 4.69) is 20.3 Å². The molecule has 27 nitrogen and oxygen atoms in total. The average Bonchev–Trinajstić information content (AvgIpc) is 3.51. The van der Waals surface area contributed by atoms with Crippen molar-refractivity contribution in [1.29, 1.82) is 5.26 Å². The van der Waals surface area contributed by atoms with E-state index in [1.807, 2.05) is 51.5 Å². The number of nitrogens with one attached hydrogen (secondary N) is 3. The van der Waals surface area contributed by atoms with Crippen LogP contribution in [0.25, 0.3) is 17.1 Å². The molecule has 0 aliphatic heterocycles. The van der Waals surface area contributed by atoms with Gasteiger partial charge in [0.2, 0.25) is 11.4 Å². The van der Waals surface area contributed by atoms with Crippen molar-refractivity contribution >= 4 is 75.6 Å². The first-order valence-electron chi connectivity index (χ1n) is 24.5. The standard InChI is InChI=1S/C18H13Cl2N5O4.C18H14Cl2N4O6.C17H14Cl2N4O4/c1-9(2)24-8-11(3-4-15(24)26)29-16-12(19)5-10(6-13(16)20)25-18(28)22-17(27)14(7-21)23-25;1-8(2)23-7-10(3-4-13(23)25)30-15-11(19)5-9(6-12(15)20)24-18(29)21-16(26)14(22-24)17(27)28;1-9(2)22-8-11(3-4-15(22)25)27-16-12(18)5-10(6-13(16)19)23-17(26)21-14(24)7-20-23/h3-6,8-9H,1-2H3,(H,22,27,28);3-8H,1-2H3,(H,27,28)(H,21,26,29);3-9H,1-2H3,(H,21,24,26). The van der Waals surface area contributed by atoms with E-state index in [9.17, 15) is 47.9 Å². The largest absolute Gasteiger partial charge is 0.476 e. The van der Waals surface area contributed by atoms with Crippen LogP contribution >= 0.6 is 69.6 Å². The Balaban J connectivity index is 0.000000185. The summed E-state index contributed by atoms with van der Waals surface area (Å²) in [6.07, 6.45) is 5.55. The molecular formula is C53H41Cl6N13O14. The normalized spacial score (nSPS) is 10.9. The first kappa shape index (κ1) is 64.0. The first-order valence-corrected chi connectivity index (χ1v) is 26.8. The van der Waals surface area contributed by atoms with E-state index in [4.69, 9.17) is 94.2 Å². The van der Waals surface area contributed by atoms with Crippen molar-refractivity contribution in [3.05, 3.63) is 233 Å². The number of hydrogen-bond donors (Lipinski definition) is 4. The van der Waals surface area contributed by atoms with Gasteiger partial charge in [0, 0.05) is 36.3 Å². The van der Waals surface area contributed by atoms with Gasteiger partial charge in [-0.25, -0.2) is 19.2 Å². The Hall–Kier alpha value is -9.56. The maximum Gasteiger partial charge on any atom is 0.362 e. The molecule has 0 aliphatic rings. The van der Waals surface area contributed by atoms with Gasteiger partial charge in [0.1, 0.15) is 29.5 Å². The number of halogens is 6. The van der Waals surface area contributed by atoms with Crippen molar-refractivity contribution in [2.45, 2.75) is 59.7 Å². The third-order valence-corrected chi connectivity index (χ3v) is 13.1. The van der Waals surface area contributed by atoms with E-state index in [0.717, 1.165) is 15.6 Å². The zero-order valence-corrected chi connectivity index (χ0v) is 49.5. The highest BCUT2D eigenvalue weighted by molar-refractivity contribution is 6.38. The zero-order valence-electron chi connectivity index (χ0n) is 45.0. The minimum absolute atomic E-state index is 0.00764. The van der Waals surface area contributed by atoms with Gasteiger partial charge in [0.15, 0.2) is 17.2 Å². The summed E-state index contributed by atoms with van der Waals surface area (Å²) in [5.41, 5.74) is -6.75. The van der Waals surface area contributed by atoms with Crippen molar-refractivity contribution in [1.82, 2.24) is 58.0 Å². The number of ether oxygens (including phenoxy) is 3. The van der Waals surface area contributed by atoms with Crippen LogP contribution in [0.5, 0.6) is 34.5 Å². The van der Waals surface area contributed by atoms with Crippen LogP contribution in [0.2, 0.25) is 30.1 Å². The number of aromatic carboxylic acids is 1. The van der Waals surface area contributed by atoms with Crippen LogP contribution in [-0.2, 0) is 0 Å². The molecule has 86 heavy (non-hydrogen) atoms. The molecule has 4 N–H and O–H groups in total. The number of pyridine rings is 3. The number of nitrogens with zero attached hydrogens (tertiary/aromatic N) is 10. The van der Waals surface area contributed by atoms with E-state index in [1.165, 1.54) is 98.9 Å². The number of rotatable bonds is 13. The van der Waals surface area contributed by atoms with Crippen LogP contribution in [0.3, 0.4) is 0 Å². The van der Waals surface area contributed by atoms with Gasteiger partial charge in [-0.2, -0.15) is 29.5 Å². The Morgan fingerprint density at radius 1 is 0.500 bits per heavy atom. The monoisotopic (exact) mass is 1290 g/mol. The van der Waals surface area contributed by atoms with Crippen molar-refractivity contribution in [3.63, 3.8) is 0 Å². The fourth-order valence-corrected chi connectivity index (χ4v) is 9.05. The molecule has 0 aliphatic carbocycles. The smallest absolute Gasteiger partial charge is 0.362 e. The molecule has 9 aromatic rings. The van der Waals surface area contributed by atoms with Crippen LogP contribution in [0.4, 0.5) is 0 Å². The Bertz CT molecular complexity index is 4700. The summed E-state index contributed by atoms with van der Waals surface area (Å²) < 4.78 is 24.0. The molecule has 0 radical (unpaired) electrons. The third kappa shape index (κ3) is 14.8. The summed E-state index contributed by atoms with van der Waals surface area (Å²) >= 11 is 37.5. The fourth-order valence-electron chi connectivity index (χ4n) is 7.39. The SMILES string of the molecule is CC(C)n1cc(Oc2c(Cl)cc(-n3nc(C#N)c(=O)[nH]c3=O)cc2Cl)ccc1=O.CC(C)n1cc(Oc2c(Cl)cc(-n3nc(C(=O)O)c(=O)[nH]c3=O)cc2Cl)ccc1=O.CC(C)n1cc(Oc2c(Cl)cc(-n3ncc(=O)[nH]c3=O)cc2Cl)ccc1=O. The summed E-state index contributed by atoms with van der Waals surface area (Å²) in [6, 6.07) is 18.0. The molecule has 0 amide bonds. The highest BCUT2D eigenvalue weighted by atomic mass is 35.5. The second kappa shape index (κ2) is 27.0. The molecule has 0 fully saturated rings. The van der Waals surface area contributed by atoms with Crippen molar-refractivity contribution in [3.8, 4) is 57.6 Å². The van der Waals surface area contributed by atoms with Crippen LogP contribution in [-0.4, -0.2) is 69.1 Å². The zero-order chi connectivity index (χ0) is 63.2. The number of carbonyl (C=O) groups is 1. The van der Waals surface area contributed by atoms with Crippen molar-refractivity contribution in [2.24, 2.45) is 0 Å². The second-order valence-corrected chi connectivity index (χ2v) is 20.9. The highest BCUT2D eigenvalue weighted by Gasteiger charge is 2.21. The first-order chi connectivity index (χ1) is 40.5. The minimum atomic E-state index is -1.61. The van der Waals surface area contributed by atoms with Crippen molar-refractivity contribution < 1.29 is 24.1 Å². The summed E-state index contributed by atoms with van der Waals surface area (Å²) in [7, 11) is 0. The van der Waals surface area contributed by atoms with Crippen LogP contribution in [0.1, 0.15) is 75.9 Å². The Morgan fingerprint density at radius 3 is 1.15 bits per heavy atom. The fraction of sp³-hybridized carbons (Fsp3) is 0.170. The molecule has 33 heteroatoms. The lowest BCUT2D eigenvalue weighted by Crippen LogP contribution is -2.35. The molecule has 0 saturated carbocycles. The lowest BCUT2D eigenvalue weighted by atomic mass is 10.3. The quantitative estimate of drug-likeness (QED) is 0.0853. The number of benzene rings is 3. The predicted molar refractivity (Wildman–Crippen MR) is 317 cm³/mol. The van der Waals surface area contributed by atoms with Gasteiger partial charge in [-0.3, -0.25) is 43.7 Å². The summed E-state index contributed by atoms with van der Waals surface area (Å²) in [6.45, 7) is 11.1. The number of carboxylic acids is 1. The number of carboxylic acid groups (broad SMARTS) is 1. The van der Waals surface area contributed by atoms with E-state index in [1.54, 1.807) is 12.3 Å². The van der Waals surface area contributed by atoms with Crippen LogP contribution in [0.15, 0.2) is 141 Å². The molecule has 0 unspecified atom stereocenters. The summed E-state index contributed by atoms with van der Waals surface area (Å²) in [5.74, 6) is -0.292. The summed E-state index contributed by atoms with van der Waals surface area (Å²) in [5, 5.41) is 29.3. The van der Waals surface area contributed by atoms with Gasteiger partial charge in [-0.1, -0.05) is 69.6 Å². The van der Waals surface area contributed by atoms with Gasteiger partial charge in [-0.15, -0.1) is 5.10 Å². The van der Waals surface area contributed by atoms with E-state index in [0.29, 0.717) is 21.9 Å².